The maximum absolute atomic E-state index is 5.66. The van der Waals surface area contributed by atoms with Gasteiger partial charge in [-0.2, -0.15) is 4.98 Å². The van der Waals surface area contributed by atoms with E-state index in [0.717, 1.165) is 13.0 Å². The van der Waals surface area contributed by atoms with Crippen molar-refractivity contribution in [3.8, 4) is 0 Å². The maximum Gasteiger partial charge on any atom is 0.224 e. The molecule has 0 unspecified atom stereocenters. The van der Waals surface area contributed by atoms with Crippen LogP contribution in [0.2, 0.25) is 0 Å². The van der Waals surface area contributed by atoms with Gasteiger partial charge in [-0.25, -0.2) is 4.98 Å². The summed E-state index contributed by atoms with van der Waals surface area (Å²) in [5, 5.41) is 3.31. The molecule has 0 aliphatic carbocycles. The number of anilines is 2. The second-order valence-electron chi connectivity index (χ2n) is 4.91. The van der Waals surface area contributed by atoms with Gasteiger partial charge in [0.2, 0.25) is 5.95 Å². The van der Waals surface area contributed by atoms with Crippen LogP contribution in [0.1, 0.15) is 5.56 Å². The second kappa shape index (κ2) is 5.83. The van der Waals surface area contributed by atoms with Crippen LogP contribution in [0.3, 0.4) is 0 Å². The fraction of sp³-hybridized carbons (Fsp3) is 0.357. The van der Waals surface area contributed by atoms with E-state index in [9.17, 15) is 0 Å². The van der Waals surface area contributed by atoms with Crippen LogP contribution in [0.25, 0.3) is 0 Å². The first-order chi connectivity index (χ1) is 9.81. The topological polar surface area (TPSA) is 86.0 Å². The molecule has 2 atom stereocenters. The molecule has 0 spiro atoms. The lowest BCUT2D eigenvalue weighted by Crippen LogP contribution is -2.30. The van der Waals surface area contributed by atoms with E-state index in [2.05, 4.69) is 20.3 Å². The number of hydrogen-bond donors (Lipinski definition) is 2. The summed E-state index contributed by atoms with van der Waals surface area (Å²) in [5.74, 6) is 1.41. The molecule has 20 heavy (non-hydrogen) atoms. The van der Waals surface area contributed by atoms with Gasteiger partial charge >= 0.3 is 0 Å². The van der Waals surface area contributed by atoms with Crippen molar-refractivity contribution in [2.45, 2.75) is 12.5 Å². The van der Waals surface area contributed by atoms with E-state index in [1.165, 1.54) is 5.56 Å². The second-order valence-corrected chi connectivity index (χ2v) is 4.91. The zero-order valence-electron chi connectivity index (χ0n) is 11.1. The van der Waals surface area contributed by atoms with E-state index in [-0.39, 0.29) is 6.04 Å². The number of nitrogens with two attached hydrogens (primary N) is 1. The van der Waals surface area contributed by atoms with E-state index in [4.69, 9.17) is 10.5 Å². The van der Waals surface area contributed by atoms with Gasteiger partial charge < -0.3 is 15.8 Å². The maximum atomic E-state index is 5.66. The molecule has 1 aliphatic rings. The van der Waals surface area contributed by atoms with E-state index in [1.54, 1.807) is 12.3 Å². The highest BCUT2D eigenvalue weighted by Gasteiger charge is 2.28. The Morgan fingerprint density at radius 1 is 1.20 bits per heavy atom. The number of nitrogens with zero attached hydrogens (tertiary/aromatic N) is 3. The molecule has 0 radical (unpaired) electrons. The van der Waals surface area contributed by atoms with Crippen LogP contribution in [0.5, 0.6) is 0 Å². The summed E-state index contributed by atoms with van der Waals surface area (Å²) in [4.78, 5) is 12.4. The molecule has 0 aromatic carbocycles. The first-order valence-electron chi connectivity index (χ1n) is 6.63. The third-order valence-electron chi connectivity index (χ3n) is 3.44. The minimum atomic E-state index is 0.199. The van der Waals surface area contributed by atoms with Crippen LogP contribution in [-0.2, 0) is 11.2 Å². The van der Waals surface area contributed by atoms with E-state index < -0.39 is 0 Å². The highest BCUT2D eigenvalue weighted by Crippen LogP contribution is 2.21. The molecule has 1 aliphatic heterocycles. The summed E-state index contributed by atoms with van der Waals surface area (Å²) in [7, 11) is 0. The van der Waals surface area contributed by atoms with Gasteiger partial charge in [0.25, 0.3) is 0 Å². The highest BCUT2D eigenvalue weighted by atomic mass is 16.5. The lowest BCUT2D eigenvalue weighted by Gasteiger charge is -2.19. The largest absolute Gasteiger partial charge is 0.384 e. The molecule has 3 heterocycles. The summed E-state index contributed by atoms with van der Waals surface area (Å²) < 4.78 is 5.58. The smallest absolute Gasteiger partial charge is 0.224 e. The van der Waals surface area contributed by atoms with Gasteiger partial charge in [0.15, 0.2) is 0 Å². The Labute approximate surface area is 117 Å². The molecule has 0 saturated carbocycles. The van der Waals surface area contributed by atoms with Crippen LogP contribution < -0.4 is 11.1 Å². The Morgan fingerprint density at radius 3 is 2.85 bits per heavy atom. The molecule has 2 aromatic heterocycles. The van der Waals surface area contributed by atoms with Crippen molar-refractivity contribution in [3.63, 3.8) is 0 Å². The molecule has 1 fully saturated rings. The number of hydrogen-bond acceptors (Lipinski definition) is 6. The van der Waals surface area contributed by atoms with Crippen LogP contribution in [-0.4, -0.2) is 34.2 Å². The molecule has 2 aromatic rings. The van der Waals surface area contributed by atoms with Gasteiger partial charge in [-0.3, -0.25) is 4.98 Å². The molecular formula is C14H17N5O. The highest BCUT2D eigenvalue weighted by molar-refractivity contribution is 5.36. The number of rotatable bonds is 4. The molecule has 104 valence electrons. The summed E-state index contributed by atoms with van der Waals surface area (Å²) >= 11 is 0. The van der Waals surface area contributed by atoms with E-state index >= 15 is 0 Å². The third-order valence-corrected chi connectivity index (χ3v) is 3.44. The average molecular weight is 271 g/mol. The molecule has 3 N–H and O–H groups in total. The average Bonchev–Trinajstić information content (AvgIpc) is 2.87. The van der Waals surface area contributed by atoms with Gasteiger partial charge in [0, 0.05) is 24.5 Å². The van der Waals surface area contributed by atoms with Crippen molar-refractivity contribution >= 4 is 11.8 Å². The normalized spacial score (nSPS) is 21.8. The van der Waals surface area contributed by atoms with Crippen molar-refractivity contribution in [1.29, 1.82) is 0 Å². The number of nitrogens with one attached hydrogen (secondary N) is 1. The Morgan fingerprint density at radius 2 is 2.05 bits per heavy atom. The van der Waals surface area contributed by atoms with Gasteiger partial charge in [0.05, 0.1) is 19.3 Å². The van der Waals surface area contributed by atoms with Crippen LogP contribution in [0.4, 0.5) is 11.8 Å². The summed E-state index contributed by atoms with van der Waals surface area (Å²) in [6, 6.07) is 5.94. The number of aromatic nitrogens is 3. The monoisotopic (exact) mass is 271 g/mol. The molecule has 3 rings (SSSR count). The van der Waals surface area contributed by atoms with Crippen molar-refractivity contribution in [2.24, 2.45) is 5.92 Å². The van der Waals surface area contributed by atoms with Crippen LogP contribution >= 0.6 is 0 Å². The minimum absolute atomic E-state index is 0.199. The summed E-state index contributed by atoms with van der Waals surface area (Å²) in [6.45, 7) is 1.40. The first kappa shape index (κ1) is 12.8. The number of pyridine rings is 1. The lowest BCUT2D eigenvalue weighted by atomic mass is 9.95. The molecule has 6 heteroatoms. The fourth-order valence-corrected chi connectivity index (χ4v) is 2.39. The molecule has 6 nitrogen and oxygen atoms in total. The van der Waals surface area contributed by atoms with Gasteiger partial charge in [-0.1, -0.05) is 0 Å². The van der Waals surface area contributed by atoms with Crippen molar-refractivity contribution in [2.75, 3.05) is 24.3 Å². The number of nitrogen functional groups attached to an aromatic ring is 1. The van der Waals surface area contributed by atoms with Gasteiger partial charge in [-0.15, -0.1) is 0 Å². The van der Waals surface area contributed by atoms with Crippen molar-refractivity contribution in [1.82, 2.24) is 15.0 Å². The zero-order chi connectivity index (χ0) is 13.8. The third kappa shape index (κ3) is 3.03. The summed E-state index contributed by atoms with van der Waals surface area (Å²) in [5.41, 5.74) is 6.92. The quantitative estimate of drug-likeness (QED) is 0.866. The van der Waals surface area contributed by atoms with E-state index in [0.29, 0.717) is 24.3 Å². The summed E-state index contributed by atoms with van der Waals surface area (Å²) in [6.07, 6.45) is 6.23. The zero-order valence-corrected chi connectivity index (χ0v) is 11.1. The SMILES string of the molecule is Nc1ccnc(N[C@@H]2COC[C@H]2Cc2ccncc2)n1. The molecule has 0 amide bonds. The Hall–Kier alpha value is -2.21. The van der Waals surface area contributed by atoms with Crippen molar-refractivity contribution in [3.05, 3.63) is 42.4 Å². The van der Waals surface area contributed by atoms with Crippen LogP contribution in [0.15, 0.2) is 36.8 Å². The Bertz CT molecular complexity index is 563. The van der Waals surface area contributed by atoms with Gasteiger partial charge in [-0.05, 0) is 30.2 Å². The first-order valence-corrected chi connectivity index (χ1v) is 6.63. The van der Waals surface area contributed by atoms with E-state index in [1.807, 2.05) is 24.5 Å². The predicted octanol–water partition coefficient (Wildman–Crippen LogP) is 1.12. The molecular weight excluding hydrogens is 254 g/mol. The predicted molar refractivity (Wildman–Crippen MR) is 76.1 cm³/mol. The van der Waals surface area contributed by atoms with Crippen LogP contribution in [0, 0.1) is 5.92 Å². The Balaban J connectivity index is 1.66. The molecule has 1 saturated heterocycles. The Kier molecular flexibility index (Phi) is 3.73. The fourth-order valence-electron chi connectivity index (χ4n) is 2.39. The van der Waals surface area contributed by atoms with Gasteiger partial charge in [0.1, 0.15) is 5.82 Å². The minimum Gasteiger partial charge on any atom is -0.384 e. The standard InChI is InChI=1S/C14H17N5O/c15-13-3-6-17-14(19-13)18-12-9-20-8-11(12)7-10-1-4-16-5-2-10/h1-6,11-12H,7-9H2,(H3,15,17,18,19)/t11-,12-/m1/s1. The molecule has 0 bridgehead atoms. The number of ether oxygens (including phenoxy) is 1. The lowest BCUT2D eigenvalue weighted by molar-refractivity contribution is 0.185. The van der Waals surface area contributed by atoms with Crippen molar-refractivity contribution < 1.29 is 4.74 Å².